The van der Waals surface area contributed by atoms with Crippen molar-refractivity contribution in [1.82, 2.24) is 29.6 Å². The number of nitrogens with zero attached hydrogens (tertiary/aromatic N) is 5. The fourth-order valence-corrected chi connectivity index (χ4v) is 3.97. The van der Waals surface area contributed by atoms with Crippen LogP contribution in [0.1, 0.15) is 26.2 Å². The molecule has 1 aromatic carbocycles. The van der Waals surface area contributed by atoms with Gasteiger partial charge in [0.05, 0.1) is 12.8 Å². The minimum Gasteiger partial charge on any atom is -0.497 e. The second-order valence-electron chi connectivity index (χ2n) is 7.91. The highest BCUT2D eigenvalue weighted by atomic mass is 16.5. The van der Waals surface area contributed by atoms with E-state index in [0.29, 0.717) is 23.8 Å². The summed E-state index contributed by atoms with van der Waals surface area (Å²) in [4.78, 5) is 27.5. The second kappa shape index (κ2) is 9.30. The average molecular weight is 425 g/mol. The van der Waals surface area contributed by atoms with Gasteiger partial charge in [-0.25, -0.2) is 9.20 Å². The molecular formula is C22H28N6O3. The largest absolute Gasteiger partial charge is 0.497 e. The van der Waals surface area contributed by atoms with Gasteiger partial charge in [0, 0.05) is 24.7 Å². The highest BCUT2D eigenvalue weighted by Gasteiger charge is 2.18. The molecule has 1 atom stereocenters. The van der Waals surface area contributed by atoms with E-state index in [2.05, 4.69) is 27.3 Å². The van der Waals surface area contributed by atoms with Crippen molar-refractivity contribution < 1.29 is 9.53 Å². The van der Waals surface area contributed by atoms with Crippen LogP contribution in [0.25, 0.3) is 16.8 Å². The Balaban J connectivity index is 1.41. The molecule has 3 aromatic rings. The molecule has 0 radical (unpaired) electrons. The number of amides is 1. The molecule has 1 saturated heterocycles. The lowest BCUT2D eigenvalue weighted by atomic mass is 10.0. The number of nitrogens with one attached hydrogen (secondary N) is 1. The van der Waals surface area contributed by atoms with Crippen LogP contribution in [-0.2, 0) is 11.3 Å². The lowest BCUT2D eigenvalue weighted by Crippen LogP contribution is -2.43. The molecule has 164 valence electrons. The van der Waals surface area contributed by atoms with Crippen molar-refractivity contribution in [3.05, 3.63) is 47.0 Å². The number of hydrogen-bond donors (Lipinski definition) is 1. The first-order chi connectivity index (χ1) is 15.0. The fourth-order valence-electron chi connectivity index (χ4n) is 3.97. The van der Waals surface area contributed by atoms with E-state index < -0.39 is 0 Å². The summed E-state index contributed by atoms with van der Waals surface area (Å²) >= 11 is 0. The van der Waals surface area contributed by atoms with E-state index in [4.69, 9.17) is 4.74 Å². The van der Waals surface area contributed by atoms with Crippen LogP contribution in [0, 0.1) is 0 Å². The predicted molar refractivity (Wildman–Crippen MR) is 117 cm³/mol. The molecule has 1 amide bonds. The molecule has 9 heteroatoms. The Hall–Kier alpha value is -3.20. The summed E-state index contributed by atoms with van der Waals surface area (Å²) in [6.45, 7) is 4.57. The summed E-state index contributed by atoms with van der Waals surface area (Å²) < 4.78 is 7.79. The fraction of sp³-hybridized carbons (Fsp3) is 0.455. The van der Waals surface area contributed by atoms with Crippen molar-refractivity contribution in [3.63, 3.8) is 0 Å². The maximum Gasteiger partial charge on any atom is 0.293 e. The molecule has 1 N–H and O–H groups in total. The van der Waals surface area contributed by atoms with Crippen LogP contribution in [-0.4, -0.2) is 63.0 Å². The van der Waals surface area contributed by atoms with Gasteiger partial charge in [0.15, 0.2) is 0 Å². The van der Waals surface area contributed by atoms with Crippen LogP contribution < -0.4 is 15.6 Å². The minimum atomic E-state index is -0.352. The molecule has 1 aliphatic heterocycles. The zero-order valence-electron chi connectivity index (χ0n) is 18.0. The molecule has 0 bridgehead atoms. The minimum absolute atomic E-state index is 0.117. The molecule has 9 nitrogen and oxygen atoms in total. The predicted octanol–water partition coefficient (Wildman–Crippen LogP) is 1.56. The number of carbonyl (C=O) groups excluding carboxylic acids is 1. The van der Waals surface area contributed by atoms with Gasteiger partial charge in [-0.2, -0.15) is 10.2 Å². The normalized spacial score (nSPS) is 17.0. The zero-order chi connectivity index (χ0) is 21.8. The number of methoxy groups -OCH3 is 1. The number of rotatable bonds is 7. The van der Waals surface area contributed by atoms with E-state index in [9.17, 15) is 9.59 Å². The van der Waals surface area contributed by atoms with Gasteiger partial charge in [-0.15, -0.1) is 0 Å². The van der Waals surface area contributed by atoms with Gasteiger partial charge in [-0.3, -0.25) is 14.5 Å². The third-order valence-electron chi connectivity index (χ3n) is 5.83. The number of hydrogen-bond acceptors (Lipinski definition) is 6. The van der Waals surface area contributed by atoms with Crippen molar-refractivity contribution in [2.24, 2.45) is 0 Å². The molecule has 31 heavy (non-hydrogen) atoms. The SMILES string of the molecule is COc1ccc(-c2cc3c(=O)n(CC(=O)NCCN4CCCC[C@H]4C)ncn3n2)cc1. The maximum atomic E-state index is 12.8. The van der Waals surface area contributed by atoms with Gasteiger partial charge in [0.1, 0.15) is 24.1 Å². The first-order valence-corrected chi connectivity index (χ1v) is 10.7. The van der Waals surface area contributed by atoms with Crippen LogP contribution in [0.2, 0.25) is 0 Å². The molecule has 1 fully saturated rings. The number of piperidine rings is 1. The first kappa shape index (κ1) is 21.0. The summed E-state index contributed by atoms with van der Waals surface area (Å²) in [5.41, 5.74) is 1.53. The molecule has 2 aromatic heterocycles. The lowest BCUT2D eigenvalue weighted by molar-refractivity contribution is -0.122. The van der Waals surface area contributed by atoms with E-state index in [1.807, 2.05) is 24.3 Å². The van der Waals surface area contributed by atoms with Crippen LogP contribution in [0.15, 0.2) is 41.5 Å². The van der Waals surface area contributed by atoms with E-state index in [1.165, 1.54) is 34.8 Å². The summed E-state index contributed by atoms with van der Waals surface area (Å²) in [6, 6.07) is 9.69. The molecule has 0 unspecified atom stereocenters. The summed E-state index contributed by atoms with van der Waals surface area (Å²) in [7, 11) is 1.61. The maximum absolute atomic E-state index is 12.8. The van der Waals surface area contributed by atoms with Gasteiger partial charge >= 0.3 is 0 Å². The van der Waals surface area contributed by atoms with Crippen LogP contribution in [0.3, 0.4) is 0 Å². The molecular weight excluding hydrogens is 396 g/mol. The zero-order valence-corrected chi connectivity index (χ0v) is 18.0. The highest BCUT2D eigenvalue weighted by molar-refractivity contribution is 5.75. The summed E-state index contributed by atoms with van der Waals surface area (Å²) in [5, 5.41) is 11.4. The van der Waals surface area contributed by atoms with E-state index in [-0.39, 0.29) is 18.0 Å². The lowest BCUT2D eigenvalue weighted by Gasteiger charge is -2.33. The number of carbonyl (C=O) groups is 1. The van der Waals surface area contributed by atoms with Crippen LogP contribution in [0.4, 0.5) is 0 Å². The Bertz CT molecular complexity index is 1100. The van der Waals surface area contributed by atoms with Crippen molar-refractivity contribution >= 4 is 11.4 Å². The van der Waals surface area contributed by atoms with Gasteiger partial charge in [0.2, 0.25) is 5.91 Å². The first-order valence-electron chi connectivity index (χ1n) is 10.7. The van der Waals surface area contributed by atoms with Gasteiger partial charge in [-0.05, 0) is 56.6 Å². The van der Waals surface area contributed by atoms with Crippen molar-refractivity contribution in [3.8, 4) is 17.0 Å². The van der Waals surface area contributed by atoms with E-state index in [1.54, 1.807) is 13.2 Å². The molecule has 4 rings (SSSR count). The van der Waals surface area contributed by atoms with Crippen LogP contribution in [0.5, 0.6) is 5.75 Å². The number of fused-ring (bicyclic) bond motifs is 1. The van der Waals surface area contributed by atoms with Crippen molar-refractivity contribution in [1.29, 1.82) is 0 Å². The van der Waals surface area contributed by atoms with Crippen molar-refractivity contribution in [2.75, 3.05) is 26.7 Å². The average Bonchev–Trinajstić information content (AvgIpc) is 3.22. The van der Waals surface area contributed by atoms with E-state index >= 15 is 0 Å². The Morgan fingerprint density at radius 1 is 1.26 bits per heavy atom. The topological polar surface area (TPSA) is 93.8 Å². The summed E-state index contributed by atoms with van der Waals surface area (Å²) in [6.07, 6.45) is 5.14. The molecule has 3 heterocycles. The smallest absolute Gasteiger partial charge is 0.293 e. The Morgan fingerprint density at radius 2 is 2.06 bits per heavy atom. The molecule has 1 aliphatic rings. The standard InChI is InChI=1S/C22H28N6O3/c1-16-5-3-4-11-26(16)12-10-23-21(29)14-27-22(30)20-13-19(25-28(20)15-24-27)17-6-8-18(31-2)9-7-17/h6-9,13,15-16H,3-5,10-12,14H2,1-2H3,(H,23,29)/t16-/m1/s1. The third kappa shape index (κ3) is 4.77. The number of likely N-dealkylation sites (tertiary alicyclic amines) is 1. The molecule has 0 aliphatic carbocycles. The van der Waals surface area contributed by atoms with Gasteiger partial charge < -0.3 is 10.1 Å². The number of benzene rings is 1. The van der Waals surface area contributed by atoms with Gasteiger partial charge in [-0.1, -0.05) is 6.42 Å². The Labute approximate surface area is 180 Å². The molecule has 0 spiro atoms. The number of aromatic nitrogens is 4. The van der Waals surface area contributed by atoms with Crippen molar-refractivity contribution in [2.45, 2.75) is 38.8 Å². The second-order valence-corrected chi connectivity index (χ2v) is 7.91. The van der Waals surface area contributed by atoms with E-state index in [0.717, 1.165) is 24.4 Å². The van der Waals surface area contributed by atoms with Crippen LogP contribution >= 0.6 is 0 Å². The third-order valence-corrected chi connectivity index (χ3v) is 5.83. The monoisotopic (exact) mass is 424 g/mol. The highest BCUT2D eigenvalue weighted by Crippen LogP contribution is 2.21. The number of ether oxygens (including phenoxy) is 1. The Kier molecular flexibility index (Phi) is 6.31. The molecule has 0 saturated carbocycles. The van der Waals surface area contributed by atoms with Gasteiger partial charge in [0.25, 0.3) is 5.56 Å². The Morgan fingerprint density at radius 3 is 2.81 bits per heavy atom. The quantitative estimate of drug-likeness (QED) is 0.619. The summed E-state index contributed by atoms with van der Waals surface area (Å²) in [5.74, 6) is 0.524.